The molecule has 100 valence electrons. The summed E-state index contributed by atoms with van der Waals surface area (Å²) in [5, 5.41) is 0. The van der Waals surface area contributed by atoms with E-state index in [1.165, 1.54) is 26.5 Å². The van der Waals surface area contributed by atoms with Crippen molar-refractivity contribution < 1.29 is 19.1 Å². The van der Waals surface area contributed by atoms with Crippen molar-refractivity contribution in [2.45, 2.75) is 6.42 Å². The van der Waals surface area contributed by atoms with Crippen LogP contribution in [0.25, 0.3) is 0 Å². The number of hydrogen-bond acceptors (Lipinski definition) is 5. The molecule has 1 aromatic carbocycles. The molecule has 1 aromatic rings. The van der Waals surface area contributed by atoms with Gasteiger partial charge in [-0.15, -0.1) is 0 Å². The van der Waals surface area contributed by atoms with Gasteiger partial charge in [0.2, 0.25) is 0 Å². The second kappa shape index (κ2) is 7.81. The van der Waals surface area contributed by atoms with E-state index in [1.807, 2.05) is 18.2 Å². The second-order valence-electron chi connectivity index (χ2n) is 3.53. The molecule has 0 aromatic heterocycles. The minimum Gasteiger partial charge on any atom is -0.469 e. The van der Waals surface area contributed by atoms with Gasteiger partial charge in [0.05, 0.1) is 31.9 Å². The van der Waals surface area contributed by atoms with Gasteiger partial charge in [-0.2, -0.15) is 0 Å². The van der Waals surface area contributed by atoms with Gasteiger partial charge in [-0.25, -0.2) is 4.79 Å². The normalized spacial score (nSPS) is 11.4. The molecule has 0 aliphatic rings. The van der Waals surface area contributed by atoms with Crippen molar-refractivity contribution in [3.05, 3.63) is 42.0 Å². The maximum atomic E-state index is 11.5. The van der Waals surface area contributed by atoms with Crippen molar-refractivity contribution in [1.82, 2.24) is 0 Å². The first-order chi connectivity index (χ1) is 9.17. The van der Waals surface area contributed by atoms with E-state index in [0.717, 1.165) is 0 Å². The van der Waals surface area contributed by atoms with Crippen LogP contribution in [0, 0.1) is 0 Å². The van der Waals surface area contributed by atoms with Gasteiger partial charge >= 0.3 is 11.9 Å². The fourth-order valence-electron chi connectivity index (χ4n) is 1.24. The van der Waals surface area contributed by atoms with Crippen molar-refractivity contribution in [1.29, 1.82) is 0 Å². The molecule has 0 radical (unpaired) electrons. The van der Waals surface area contributed by atoms with Crippen LogP contribution >= 0.6 is 0 Å². The molecule has 0 spiro atoms. The van der Waals surface area contributed by atoms with Crippen molar-refractivity contribution in [2.24, 2.45) is 4.99 Å². The van der Waals surface area contributed by atoms with Gasteiger partial charge < -0.3 is 9.47 Å². The predicted molar refractivity (Wildman–Crippen MR) is 71.3 cm³/mol. The number of ether oxygens (including phenoxy) is 2. The van der Waals surface area contributed by atoms with Crippen molar-refractivity contribution >= 4 is 23.8 Å². The average molecular weight is 261 g/mol. The third-order valence-electron chi connectivity index (χ3n) is 2.25. The average Bonchev–Trinajstić information content (AvgIpc) is 2.47. The quantitative estimate of drug-likeness (QED) is 0.462. The van der Waals surface area contributed by atoms with E-state index in [-0.39, 0.29) is 12.0 Å². The Kier molecular flexibility index (Phi) is 6.02. The van der Waals surface area contributed by atoms with Gasteiger partial charge in [-0.05, 0) is 12.1 Å². The molecular formula is C14H15NO4. The highest BCUT2D eigenvalue weighted by Gasteiger charge is 2.08. The van der Waals surface area contributed by atoms with Crippen LogP contribution in [0.3, 0.4) is 0 Å². The Bertz CT molecular complexity index is 491. The van der Waals surface area contributed by atoms with E-state index in [9.17, 15) is 9.59 Å². The van der Waals surface area contributed by atoms with E-state index in [2.05, 4.69) is 14.5 Å². The number of aliphatic imine (C=N–C) groups is 1. The molecule has 0 fully saturated rings. The number of carbonyl (C=O) groups is 2. The molecule has 0 N–H and O–H groups in total. The summed E-state index contributed by atoms with van der Waals surface area (Å²) in [5.41, 5.74) is 0.909. The summed E-state index contributed by atoms with van der Waals surface area (Å²) in [5.74, 6) is -0.988. The van der Waals surface area contributed by atoms with Crippen molar-refractivity contribution in [3.63, 3.8) is 0 Å². The molecular weight excluding hydrogens is 246 g/mol. The van der Waals surface area contributed by atoms with E-state index >= 15 is 0 Å². The first-order valence-electron chi connectivity index (χ1n) is 5.61. The smallest absolute Gasteiger partial charge is 0.339 e. The Morgan fingerprint density at radius 2 is 1.84 bits per heavy atom. The molecule has 5 heteroatoms. The van der Waals surface area contributed by atoms with Gasteiger partial charge in [-0.1, -0.05) is 24.3 Å². The molecule has 1 rings (SSSR count). The summed E-state index contributed by atoms with van der Waals surface area (Å²) in [6.07, 6.45) is 2.77. The monoisotopic (exact) mass is 261 g/mol. The molecule has 0 unspecified atom stereocenters. The lowest BCUT2D eigenvalue weighted by Crippen LogP contribution is -2.07. The van der Waals surface area contributed by atoms with Crippen LogP contribution in [0.15, 0.2) is 47.0 Å². The number of nitrogens with zero attached hydrogens (tertiary/aromatic N) is 1. The summed E-state index contributed by atoms with van der Waals surface area (Å²) in [4.78, 5) is 26.7. The molecule has 0 bridgehead atoms. The van der Waals surface area contributed by atoms with Gasteiger partial charge in [0, 0.05) is 6.21 Å². The van der Waals surface area contributed by atoms with Crippen LogP contribution in [0.4, 0.5) is 5.69 Å². The van der Waals surface area contributed by atoms with Crippen LogP contribution in [-0.2, 0) is 19.1 Å². The number of para-hydroxylation sites is 1. The largest absolute Gasteiger partial charge is 0.469 e. The van der Waals surface area contributed by atoms with Crippen LogP contribution in [0.1, 0.15) is 6.42 Å². The highest BCUT2D eigenvalue weighted by molar-refractivity contribution is 6.10. The van der Waals surface area contributed by atoms with E-state index in [1.54, 1.807) is 12.1 Å². The number of carbonyl (C=O) groups excluding carboxylic acids is 2. The Balaban J connectivity index is 2.83. The third-order valence-corrected chi connectivity index (χ3v) is 2.25. The van der Waals surface area contributed by atoms with E-state index < -0.39 is 11.9 Å². The van der Waals surface area contributed by atoms with Crippen molar-refractivity contribution in [2.75, 3.05) is 14.2 Å². The molecule has 5 nitrogen and oxygen atoms in total. The van der Waals surface area contributed by atoms with Gasteiger partial charge in [0.15, 0.2) is 0 Å². The summed E-state index contributed by atoms with van der Waals surface area (Å²) in [7, 11) is 2.55. The summed E-state index contributed by atoms with van der Waals surface area (Å²) >= 11 is 0. The van der Waals surface area contributed by atoms with E-state index in [4.69, 9.17) is 0 Å². The number of rotatable bonds is 5. The Morgan fingerprint density at radius 1 is 1.16 bits per heavy atom. The zero-order chi connectivity index (χ0) is 14.1. The highest BCUT2D eigenvalue weighted by atomic mass is 16.5. The van der Waals surface area contributed by atoms with Crippen LogP contribution < -0.4 is 0 Å². The Morgan fingerprint density at radius 3 is 2.42 bits per heavy atom. The summed E-state index contributed by atoms with van der Waals surface area (Å²) < 4.78 is 9.11. The molecule has 19 heavy (non-hydrogen) atoms. The molecule has 0 atom stereocenters. The van der Waals surface area contributed by atoms with Crippen molar-refractivity contribution in [3.8, 4) is 0 Å². The number of benzene rings is 1. The van der Waals surface area contributed by atoms with Crippen LogP contribution in [-0.4, -0.2) is 32.4 Å². The highest BCUT2D eigenvalue weighted by Crippen LogP contribution is 2.10. The Labute approximate surface area is 111 Å². The summed E-state index contributed by atoms with van der Waals surface area (Å²) in [6, 6.07) is 9.13. The zero-order valence-corrected chi connectivity index (χ0v) is 10.8. The van der Waals surface area contributed by atoms with Gasteiger partial charge in [0.1, 0.15) is 0 Å². The fourth-order valence-corrected chi connectivity index (χ4v) is 1.24. The van der Waals surface area contributed by atoms with Gasteiger partial charge in [0.25, 0.3) is 0 Å². The third kappa shape index (κ3) is 5.16. The first-order valence-corrected chi connectivity index (χ1v) is 5.61. The number of esters is 2. The lowest BCUT2D eigenvalue weighted by atomic mass is 10.2. The first kappa shape index (κ1) is 14.6. The Hall–Kier alpha value is -2.43. The predicted octanol–water partition coefficient (Wildman–Crippen LogP) is 2.05. The SMILES string of the molecule is COC(=O)C/C=C(/C=Nc1ccccc1)C(=O)OC. The maximum Gasteiger partial charge on any atom is 0.339 e. The summed E-state index contributed by atoms with van der Waals surface area (Å²) in [6.45, 7) is 0. The zero-order valence-electron chi connectivity index (χ0n) is 10.8. The van der Waals surface area contributed by atoms with Gasteiger partial charge in [-0.3, -0.25) is 9.79 Å². The lowest BCUT2D eigenvalue weighted by Gasteiger charge is -2.00. The lowest BCUT2D eigenvalue weighted by molar-refractivity contribution is -0.139. The number of hydrogen-bond donors (Lipinski definition) is 0. The molecule has 0 saturated heterocycles. The number of methoxy groups -OCH3 is 2. The second-order valence-corrected chi connectivity index (χ2v) is 3.53. The van der Waals surface area contributed by atoms with E-state index in [0.29, 0.717) is 5.69 Å². The van der Waals surface area contributed by atoms with Crippen LogP contribution in [0.2, 0.25) is 0 Å². The molecule has 0 heterocycles. The molecule has 0 amide bonds. The maximum absolute atomic E-state index is 11.5. The van der Waals surface area contributed by atoms with Crippen LogP contribution in [0.5, 0.6) is 0 Å². The molecule has 0 aliphatic heterocycles. The topological polar surface area (TPSA) is 65.0 Å². The standard InChI is InChI=1S/C14H15NO4/c1-18-13(16)9-8-11(14(17)19-2)10-15-12-6-4-3-5-7-12/h3-8,10H,9H2,1-2H3/b11-8-,15-10?. The molecule has 0 saturated carbocycles. The minimum atomic E-state index is -0.552. The minimum absolute atomic E-state index is 0.0122. The fraction of sp³-hybridized carbons (Fsp3) is 0.214. The molecule has 0 aliphatic carbocycles.